The van der Waals surface area contributed by atoms with Gasteiger partial charge in [-0.25, -0.2) is 9.13 Å². The summed E-state index contributed by atoms with van der Waals surface area (Å²) in [6.45, 7) is 7.06. The molecule has 0 spiro atoms. The van der Waals surface area contributed by atoms with E-state index in [-0.39, 0.29) is 25.7 Å². The summed E-state index contributed by atoms with van der Waals surface area (Å²) in [5, 5.41) is 10.5. The minimum atomic E-state index is -4.94. The first-order valence-electron chi connectivity index (χ1n) is 31.7. The van der Waals surface area contributed by atoms with Gasteiger partial charge in [0.2, 0.25) is 0 Å². The Labute approximate surface area is 479 Å². The molecule has 0 aliphatic rings. The molecule has 0 aromatic heterocycles. The normalized spacial score (nSPS) is 14.7. The first-order valence-corrected chi connectivity index (χ1v) is 34.7. The van der Waals surface area contributed by atoms with Crippen molar-refractivity contribution in [2.45, 2.75) is 316 Å². The van der Waals surface area contributed by atoms with Crippen LogP contribution in [0.1, 0.15) is 298 Å². The van der Waals surface area contributed by atoms with E-state index < -0.39 is 97.5 Å². The highest BCUT2D eigenvalue weighted by Crippen LogP contribution is 2.45. The fourth-order valence-electron chi connectivity index (χ4n) is 8.84. The Balaban J connectivity index is 5.17. The van der Waals surface area contributed by atoms with Crippen LogP contribution in [0.2, 0.25) is 0 Å². The number of unbranched alkanes of at least 4 members (excludes halogenated alkanes) is 31. The van der Waals surface area contributed by atoms with Gasteiger partial charge < -0.3 is 33.8 Å². The number of carbonyl (C=O) groups excluding carboxylic acids is 4. The lowest BCUT2D eigenvalue weighted by atomic mass is 9.99. The molecule has 0 fully saturated rings. The van der Waals surface area contributed by atoms with E-state index in [1.54, 1.807) is 0 Å². The van der Waals surface area contributed by atoms with Crippen molar-refractivity contribution in [3.05, 3.63) is 0 Å². The maximum absolute atomic E-state index is 12.9. The largest absolute Gasteiger partial charge is 0.472 e. The van der Waals surface area contributed by atoms with Gasteiger partial charge in [-0.2, -0.15) is 0 Å². The van der Waals surface area contributed by atoms with Gasteiger partial charge in [-0.3, -0.25) is 37.3 Å². The molecule has 0 aromatic rings. The average molecular weight is 1170 g/mol. The summed E-state index contributed by atoms with van der Waals surface area (Å²) in [4.78, 5) is 71.7. The maximum Gasteiger partial charge on any atom is 0.472 e. The van der Waals surface area contributed by atoms with Gasteiger partial charge in [0, 0.05) is 25.7 Å². The number of phosphoric acid groups is 2. The van der Waals surface area contributed by atoms with Gasteiger partial charge in [-0.1, -0.05) is 247 Å². The van der Waals surface area contributed by atoms with Crippen LogP contribution in [0.5, 0.6) is 0 Å². The van der Waals surface area contributed by atoms with Crippen molar-refractivity contribution >= 4 is 39.5 Å². The first-order chi connectivity index (χ1) is 38.1. The predicted molar refractivity (Wildman–Crippen MR) is 312 cm³/mol. The average Bonchev–Trinajstić information content (AvgIpc) is 3.42. The molecule has 3 N–H and O–H groups in total. The van der Waals surface area contributed by atoms with E-state index in [9.17, 15) is 43.2 Å². The zero-order valence-electron chi connectivity index (χ0n) is 50.5. The van der Waals surface area contributed by atoms with Crippen LogP contribution < -0.4 is 0 Å². The van der Waals surface area contributed by atoms with E-state index in [1.165, 1.54) is 103 Å². The highest BCUT2D eigenvalue weighted by Gasteiger charge is 2.30. The SMILES string of the molecule is CCCCCCCCCCCCCCCC(=O)OC[C@H](COP(=O)(O)OC[C@@H](O)COP(=O)(O)OC[C@@H](COC(=O)CCCCCCC)OC(=O)CCCCCCCCC)OC(=O)CCCCCCCCCCCCC(C)CC. The highest BCUT2D eigenvalue weighted by atomic mass is 31.2. The van der Waals surface area contributed by atoms with Crippen LogP contribution >= 0.6 is 15.6 Å². The van der Waals surface area contributed by atoms with Gasteiger partial charge >= 0.3 is 39.5 Å². The molecule has 0 amide bonds. The van der Waals surface area contributed by atoms with Crippen LogP contribution in [0.25, 0.3) is 0 Å². The second kappa shape index (κ2) is 54.0. The van der Waals surface area contributed by atoms with Gasteiger partial charge in [0.15, 0.2) is 12.2 Å². The van der Waals surface area contributed by atoms with Gasteiger partial charge in [-0.15, -0.1) is 0 Å². The topological polar surface area (TPSA) is 237 Å². The summed E-state index contributed by atoms with van der Waals surface area (Å²) in [7, 11) is -9.86. The molecule has 0 rings (SSSR count). The lowest BCUT2D eigenvalue weighted by Crippen LogP contribution is -2.30. The van der Waals surface area contributed by atoms with E-state index in [0.29, 0.717) is 25.7 Å². The van der Waals surface area contributed by atoms with Crippen molar-refractivity contribution in [1.29, 1.82) is 0 Å². The van der Waals surface area contributed by atoms with E-state index in [4.69, 9.17) is 37.0 Å². The van der Waals surface area contributed by atoms with E-state index >= 15 is 0 Å². The van der Waals surface area contributed by atoms with Gasteiger partial charge in [0.25, 0.3) is 0 Å². The van der Waals surface area contributed by atoms with Crippen LogP contribution in [0.3, 0.4) is 0 Å². The molecule has 79 heavy (non-hydrogen) atoms. The fourth-order valence-corrected chi connectivity index (χ4v) is 10.4. The Hall–Kier alpha value is -1.94. The van der Waals surface area contributed by atoms with Crippen LogP contribution in [0, 0.1) is 5.92 Å². The molecule has 0 saturated carbocycles. The number of ether oxygens (including phenoxy) is 4. The summed E-state index contributed by atoms with van der Waals surface area (Å²) < 4.78 is 67.5. The number of carbonyl (C=O) groups is 4. The zero-order chi connectivity index (χ0) is 58.5. The Kier molecular flexibility index (Phi) is 52.7. The summed E-state index contributed by atoms with van der Waals surface area (Å²) in [6, 6.07) is 0. The third-order valence-electron chi connectivity index (χ3n) is 14.1. The number of aliphatic hydroxyl groups excluding tert-OH is 1. The Morgan fingerprint density at radius 3 is 0.899 bits per heavy atom. The van der Waals surface area contributed by atoms with Crippen LogP contribution in [0.4, 0.5) is 0 Å². The maximum atomic E-state index is 12.9. The number of hydrogen-bond donors (Lipinski definition) is 3. The minimum absolute atomic E-state index is 0.103. The van der Waals surface area contributed by atoms with Gasteiger partial charge in [0.1, 0.15) is 19.3 Å². The molecule has 0 heterocycles. The molecule has 0 radical (unpaired) electrons. The van der Waals surface area contributed by atoms with Crippen molar-refractivity contribution in [1.82, 2.24) is 0 Å². The lowest BCUT2D eigenvalue weighted by molar-refractivity contribution is -0.161. The molecule has 0 aromatic carbocycles. The van der Waals surface area contributed by atoms with E-state index in [1.807, 2.05) is 0 Å². The molecule has 17 nitrogen and oxygen atoms in total. The van der Waals surface area contributed by atoms with E-state index in [2.05, 4.69) is 34.6 Å². The second-order valence-corrected chi connectivity index (χ2v) is 24.9. The molecule has 3 unspecified atom stereocenters. The molecule has 19 heteroatoms. The third-order valence-corrected chi connectivity index (χ3v) is 16.0. The minimum Gasteiger partial charge on any atom is -0.462 e. The number of esters is 4. The van der Waals surface area contributed by atoms with Crippen molar-refractivity contribution in [2.24, 2.45) is 5.92 Å². The summed E-state index contributed by atoms with van der Waals surface area (Å²) in [6.07, 6.45) is 36.6. The van der Waals surface area contributed by atoms with E-state index in [0.717, 1.165) is 115 Å². The van der Waals surface area contributed by atoms with Crippen molar-refractivity contribution in [3.8, 4) is 0 Å². The smallest absolute Gasteiger partial charge is 0.462 e. The molecule has 0 aliphatic heterocycles. The Bertz CT molecular complexity index is 1550. The fraction of sp³-hybridized carbons (Fsp3) is 0.933. The highest BCUT2D eigenvalue weighted by molar-refractivity contribution is 7.47. The summed E-state index contributed by atoms with van der Waals surface area (Å²) >= 11 is 0. The quantitative estimate of drug-likeness (QED) is 0.0222. The molecular weight excluding hydrogens is 1050 g/mol. The lowest BCUT2D eigenvalue weighted by Gasteiger charge is -2.21. The van der Waals surface area contributed by atoms with Crippen molar-refractivity contribution in [2.75, 3.05) is 39.6 Å². The number of phosphoric ester groups is 2. The predicted octanol–water partition coefficient (Wildman–Crippen LogP) is 16.2. The van der Waals surface area contributed by atoms with Crippen molar-refractivity contribution in [3.63, 3.8) is 0 Å². The third kappa shape index (κ3) is 53.8. The summed E-state index contributed by atoms with van der Waals surface area (Å²) in [5.41, 5.74) is 0. The first kappa shape index (κ1) is 77.1. The Morgan fingerprint density at radius 1 is 0.354 bits per heavy atom. The molecule has 468 valence electrons. The molecule has 6 atom stereocenters. The standard InChI is InChI=1S/C60H116O17P2/c1-6-10-13-16-18-19-20-21-22-26-30-34-39-44-58(63)71-50-56(77-60(65)46-41-36-31-27-24-23-25-29-33-37-42-53(5)9-4)52-75-79(68,69)73-48-54(61)47-72-78(66,67)74-51-55(49-70-57(62)43-38-32-15-12-8-3)76-59(64)45-40-35-28-17-14-11-7-2/h53-56,61H,6-52H2,1-5H3,(H,66,67)(H,68,69)/t53?,54-,55+,56+/m0/s1. The van der Waals surface area contributed by atoms with Gasteiger partial charge in [0.05, 0.1) is 26.4 Å². The second-order valence-electron chi connectivity index (χ2n) is 22.0. The van der Waals surface area contributed by atoms with Crippen LogP contribution in [-0.4, -0.2) is 96.7 Å². The monoisotopic (exact) mass is 1170 g/mol. The summed E-state index contributed by atoms with van der Waals surface area (Å²) in [5.74, 6) is -1.35. The molecular formula is C60H116O17P2. The van der Waals surface area contributed by atoms with Crippen LogP contribution in [-0.2, 0) is 65.4 Å². The molecule has 0 bridgehead atoms. The number of hydrogen-bond acceptors (Lipinski definition) is 15. The van der Waals surface area contributed by atoms with Crippen LogP contribution in [0.15, 0.2) is 0 Å². The zero-order valence-corrected chi connectivity index (χ0v) is 52.3. The molecule has 0 aliphatic carbocycles. The van der Waals surface area contributed by atoms with Crippen molar-refractivity contribution < 1.29 is 80.2 Å². The Morgan fingerprint density at radius 2 is 0.608 bits per heavy atom. The number of rotatable bonds is 60. The molecule has 0 saturated heterocycles. The van der Waals surface area contributed by atoms with Gasteiger partial charge in [-0.05, 0) is 31.6 Å². The number of aliphatic hydroxyl groups is 1.